The summed E-state index contributed by atoms with van der Waals surface area (Å²) in [5, 5.41) is 11.9. The van der Waals surface area contributed by atoms with E-state index in [1.807, 2.05) is 0 Å². The third kappa shape index (κ3) is 4.68. The smallest absolute Gasteiger partial charge is 0.306 e. The van der Waals surface area contributed by atoms with E-state index >= 15 is 0 Å². The molecular formula is C19H26N2O5S. The van der Waals surface area contributed by atoms with E-state index in [1.165, 1.54) is 4.31 Å². The highest BCUT2D eigenvalue weighted by atomic mass is 32.2. The summed E-state index contributed by atoms with van der Waals surface area (Å²) in [5.41, 5.74) is 0.717. The second-order valence-electron chi connectivity index (χ2n) is 7.38. The van der Waals surface area contributed by atoms with Gasteiger partial charge in [-0.2, -0.15) is 4.31 Å². The second-order valence-corrected chi connectivity index (χ2v) is 9.31. The number of nitrogens with zero attached hydrogens (tertiary/aromatic N) is 1. The number of piperidine rings is 1. The van der Waals surface area contributed by atoms with Gasteiger partial charge in [-0.1, -0.05) is 18.6 Å². The van der Waals surface area contributed by atoms with Gasteiger partial charge in [0.15, 0.2) is 0 Å². The molecule has 0 unspecified atom stereocenters. The van der Waals surface area contributed by atoms with Gasteiger partial charge in [-0.25, -0.2) is 8.42 Å². The van der Waals surface area contributed by atoms with Crippen molar-refractivity contribution in [2.45, 2.75) is 50.0 Å². The summed E-state index contributed by atoms with van der Waals surface area (Å²) in [6.45, 7) is 1.34. The van der Waals surface area contributed by atoms with Crippen LogP contribution in [0.15, 0.2) is 29.2 Å². The standard InChI is InChI=1S/C19H26N2O5S/c22-18(15-7-8-16(12-15)19(23)24)20-13-14-5-4-6-17(11-14)27(25,26)21-9-2-1-3-10-21/h4-6,11,15-16H,1-3,7-10,12-13H2,(H,20,22)(H,23,24)/t15-,16+/m0/s1. The highest BCUT2D eigenvalue weighted by molar-refractivity contribution is 7.89. The zero-order chi connectivity index (χ0) is 19.4. The first-order valence-electron chi connectivity index (χ1n) is 9.47. The van der Waals surface area contributed by atoms with Crippen molar-refractivity contribution >= 4 is 21.9 Å². The minimum absolute atomic E-state index is 0.164. The molecule has 27 heavy (non-hydrogen) atoms. The van der Waals surface area contributed by atoms with Crippen LogP contribution in [-0.4, -0.2) is 42.8 Å². The van der Waals surface area contributed by atoms with Gasteiger partial charge >= 0.3 is 5.97 Å². The number of carboxylic acid groups (broad SMARTS) is 1. The van der Waals surface area contributed by atoms with Crippen LogP contribution in [0.3, 0.4) is 0 Å². The summed E-state index contributed by atoms with van der Waals surface area (Å²) in [7, 11) is -3.50. The van der Waals surface area contributed by atoms with Crippen LogP contribution in [-0.2, 0) is 26.2 Å². The Hall–Kier alpha value is -1.93. The molecule has 0 bridgehead atoms. The maximum atomic E-state index is 12.8. The molecule has 2 N–H and O–H groups in total. The maximum absolute atomic E-state index is 12.8. The van der Waals surface area contributed by atoms with Crippen molar-refractivity contribution in [3.63, 3.8) is 0 Å². The van der Waals surface area contributed by atoms with E-state index in [9.17, 15) is 18.0 Å². The average molecular weight is 394 g/mol. The molecule has 148 valence electrons. The molecule has 1 amide bonds. The van der Waals surface area contributed by atoms with Crippen LogP contribution >= 0.6 is 0 Å². The van der Waals surface area contributed by atoms with Crippen LogP contribution in [0.25, 0.3) is 0 Å². The quantitative estimate of drug-likeness (QED) is 0.768. The first-order chi connectivity index (χ1) is 12.9. The minimum atomic E-state index is -3.50. The largest absolute Gasteiger partial charge is 0.481 e. The van der Waals surface area contributed by atoms with E-state index < -0.39 is 21.9 Å². The number of hydrogen-bond donors (Lipinski definition) is 2. The van der Waals surface area contributed by atoms with Gasteiger partial charge in [0.25, 0.3) is 0 Å². The number of carboxylic acids is 1. The molecule has 1 saturated carbocycles. The SMILES string of the molecule is O=C(O)[C@@H]1CC[C@H](C(=O)NCc2cccc(S(=O)(=O)N3CCCCC3)c2)C1. The van der Waals surface area contributed by atoms with Gasteiger partial charge < -0.3 is 10.4 Å². The van der Waals surface area contributed by atoms with E-state index in [4.69, 9.17) is 5.11 Å². The van der Waals surface area contributed by atoms with Gasteiger partial charge in [0.2, 0.25) is 15.9 Å². The molecule has 0 radical (unpaired) electrons. The fraction of sp³-hybridized carbons (Fsp3) is 0.579. The molecule has 2 atom stereocenters. The van der Waals surface area contributed by atoms with Crippen molar-refractivity contribution < 1.29 is 23.1 Å². The summed E-state index contributed by atoms with van der Waals surface area (Å²) < 4.78 is 27.1. The summed E-state index contributed by atoms with van der Waals surface area (Å²) in [5.74, 6) is -1.74. The number of aliphatic carboxylic acids is 1. The zero-order valence-electron chi connectivity index (χ0n) is 15.3. The van der Waals surface area contributed by atoms with Gasteiger partial charge in [0, 0.05) is 25.6 Å². The summed E-state index contributed by atoms with van der Waals surface area (Å²) in [6, 6.07) is 6.67. The molecule has 1 aliphatic carbocycles. The fourth-order valence-corrected chi connectivity index (χ4v) is 5.44. The Morgan fingerprint density at radius 2 is 1.81 bits per heavy atom. The third-order valence-electron chi connectivity index (χ3n) is 5.47. The Bertz CT molecular complexity index is 802. The van der Waals surface area contributed by atoms with E-state index in [2.05, 4.69) is 5.32 Å². The van der Waals surface area contributed by atoms with Gasteiger partial charge in [-0.15, -0.1) is 0 Å². The lowest BCUT2D eigenvalue weighted by atomic mass is 10.0. The van der Waals surface area contributed by atoms with Gasteiger partial charge in [-0.05, 0) is 49.8 Å². The molecule has 0 spiro atoms. The molecule has 1 heterocycles. The highest BCUT2D eigenvalue weighted by Gasteiger charge is 2.33. The number of rotatable bonds is 6. The Morgan fingerprint density at radius 3 is 2.48 bits per heavy atom. The van der Waals surface area contributed by atoms with Crippen molar-refractivity contribution in [2.24, 2.45) is 11.8 Å². The van der Waals surface area contributed by atoms with Gasteiger partial charge in [-0.3, -0.25) is 9.59 Å². The van der Waals surface area contributed by atoms with Crippen molar-refractivity contribution in [3.8, 4) is 0 Å². The molecular weight excluding hydrogens is 368 g/mol. The Balaban J connectivity index is 1.61. The van der Waals surface area contributed by atoms with Crippen LogP contribution in [0.4, 0.5) is 0 Å². The Morgan fingerprint density at radius 1 is 1.11 bits per heavy atom. The fourth-order valence-electron chi connectivity index (χ4n) is 3.85. The van der Waals surface area contributed by atoms with E-state index in [0.717, 1.165) is 19.3 Å². The molecule has 8 heteroatoms. The number of benzene rings is 1. The van der Waals surface area contributed by atoms with Crippen LogP contribution in [0.1, 0.15) is 44.1 Å². The zero-order valence-corrected chi connectivity index (χ0v) is 16.1. The maximum Gasteiger partial charge on any atom is 0.306 e. The number of sulfonamides is 1. The number of amides is 1. The second kappa shape index (κ2) is 8.39. The highest BCUT2D eigenvalue weighted by Crippen LogP contribution is 2.31. The van der Waals surface area contributed by atoms with E-state index in [0.29, 0.717) is 37.9 Å². The first-order valence-corrected chi connectivity index (χ1v) is 10.9. The van der Waals surface area contributed by atoms with E-state index in [1.54, 1.807) is 24.3 Å². The lowest BCUT2D eigenvalue weighted by Crippen LogP contribution is -2.35. The molecule has 7 nitrogen and oxygen atoms in total. The molecule has 0 aromatic heterocycles. The monoisotopic (exact) mass is 394 g/mol. The molecule has 1 aromatic rings. The van der Waals surface area contributed by atoms with E-state index in [-0.39, 0.29) is 23.3 Å². The Kier molecular flexibility index (Phi) is 6.16. The van der Waals surface area contributed by atoms with Gasteiger partial charge in [0.05, 0.1) is 10.8 Å². The topological polar surface area (TPSA) is 104 Å². The average Bonchev–Trinajstić information content (AvgIpc) is 3.18. The molecule has 2 fully saturated rings. The predicted octanol–water partition coefficient (Wildman–Crippen LogP) is 1.98. The predicted molar refractivity (Wildman–Crippen MR) is 99.4 cm³/mol. The lowest BCUT2D eigenvalue weighted by Gasteiger charge is -2.26. The van der Waals surface area contributed by atoms with Crippen molar-refractivity contribution in [1.82, 2.24) is 9.62 Å². The summed E-state index contributed by atoms with van der Waals surface area (Å²) in [6.07, 6.45) is 4.29. The van der Waals surface area contributed by atoms with Crippen LogP contribution in [0, 0.1) is 11.8 Å². The molecule has 2 aliphatic rings. The van der Waals surface area contributed by atoms with Gasteiger partial charge in [0.1, 0.15) is 0 Å². The lowest BCUT2D eigenvalue weighted by molar-refractivity contribution is -0.141. The van der Waals surface area contributed by atoms with Crippen molar-refractivity contribution in [2.75, 3.05) is 13.1 Å². The third-order valence-corrected chi connectivity index (χ3v) is 7.37. The molecule has 1 aromatic carbocycles. The number of carbonyl (C=O) groups is 2. The first kappa shape index (κ1) is 19.8. The van der Waals surface area contributed by atoms with Crippen molar-refractivity contribution in [1.29, 1.82) is 0 Å². The Labute approximate surface area is 159 Å². The normalized spacial score (nSPS) is 23.9. The van der Waals surface area contributed by atoms with Crippen molar-refractivity contribution in [3.05, 3.63) is 29.8 Å². The summed E-state index contributed by atoms with van der Waals surface area (Å²) >= 11 is 0. The van der Waals surface area contributed by atoms with Crippen LogP contribution in [0.5, 0.6) is 0 Å². The molecule has 1 aliphatic heterocycles. The number of nitrogens with one attached hydrogen (secondary N) is 1. The van der Waals surface area contributed by atoms with Crippen LogP contribution in [0.2, 0.25) is 0 Å². The minimum Gasteiger partial charge on any atom is -0.481 e. The number of hydrogen-bond acceptors (Lipinski definition) is 4. The number of carbonyl (C=O) groups excluding carboxylic acids is 1. The summed E-state index contributed by atoms with van der Waals surface area (Å²) in [4.78, 5) is 23.6. The molecule has 3 rings (SSSR count). The molecule has 1 saturated heterocycles. The van der Waals surface area contributed by atoms with Crippen LogP contribution < -0.4 is 5.32 Å².